The molecule has 2 aromatic rings. The van der Waals surface area contributed by atoms with Crippen LogP contribution in [-0.2, 0) is 5.54 Å². The third-order valence-electron chi connectivity index (χ3n) is 3.47. The highest BCUT2D eigenvalue weighted by molar-refractivity contribution is 9.10. The molecule has 2 N–H and O–H groups in total. The van der Waals surface area contributed by atoms with E-state index in [0.717, 1.165) is 5.56 Å². The lowest BCUT2D eigenvalue weighted by Gasteiger charge is -2.28. The van der Waals surface area contributed by atoms with Crippen molar-refractivity contribution < 1.29 is 13.9 Å². The SMILES string of the molecule is COc1ccc(C(C)(N)c2cccc(F)c2)c(OC)c1Br. The molecule has 1 unspecified atom stereocenters. The molecule has 1 atom stereocenters. The van der Waals surface area contributed by atoms with Crippen molar-refractivity contribution in [3.63, 3.8) is 0 Å². The minimum Gasteiger partial charge on any atom is -0.495 e. The van der Waals surface area contributed by atoms with E-state index in [4.69, 9.17) is 15.2 Å². The summed E-state index contributed by atoms with van der Waals surface area (Å²) >= 11 is 3.45. The molecule has 0 aromatic heterocycles. The Morgan fingerprint density at radius 2 is 1.86 bits per heavy atom. The van der Waals surface area contributed by atoms with Crippen LogP contribution in [-0.4, -0.2) is 14.2 Å². The van der Waals surface area contributed by atoms with Crippen molar-refractivity contribution in [1.82, 2.24) is 0 Å². The lowest BCUT2D eigenvalue weighted by molar-refractivity contribution is 0.379. The van der Waals surface area contributed by atoms with Gasteiger partial charge in [0.15, 0.2) is 0 Å². The molecule has 5 heteroatoms. The van der Waals surface area contributed by atoms with Crippen molar-refractivity contribution in [2.75, 3.05) is 14.2 Å². The Balaban J connectivity index is 2.62. The highest BCUT2D eigenvalue weighted by Crippen LogP contribution is 2.42. The first-order chi connectivity index (χ1) is 9.91. The van der Waals surface area contributed by atoms with Gasteiger partial charge < -0.3 is 15.2 Å². The van der Waals surface area contributed by atoms with E-state index in [0.29, 0.717) is 21.5 Å². The molecule has 0 saturated heterocycles. The number of hydrogen-bond donors (Lipinski definition) is 1. The number of ether oxygens (including phenoxy) is 2. The minimum atomic E-state index is -0.901. The van der Waals surface area contributed by atoms with Crippen LogP contribution < -0.4 is 15.2 Å². The van der Waals surface area contributed by atoms with E-state index < -0.39 is 5.54 Å². The number of nitrogens with two attached hydrogens (primary N) is 1. The maximum Gasteiger partial charge on any atom is 0.142 e. The van der Waals surface area contributed by atoms with Gasteiger partial charge in [0.1, 0.15) is 21.8 Å². The molecule has 0 spiro atoms. The first-order valence-electron chi connectivity index (χ1n) is 6.37. The molecule has 0 aliphatic rings. The molecule has 0 aliphatic carbocycles. The molecule has 21 heavy (non-hydrogen) atoms. The quantitative estimate of drug-likeness (QED) is 0.908. The normalized spacial score (nSPS) is 13.6. The Labute approximate surface area is 132 Å². The zero-order chi connectivity index (χ0) is 15.6. The predicted octanol–water partition coefficient (Wildman–Crippen LogP) is 3.83. The standard InChI is InChI=1S/C16H17BrFNO2/c1-16(19,10-5-4-6-11(18)9-10)12-7-8-13(20-2)14(17)15(12)21-3/h4-9H,19H2,1-3H3. The molecule has 0 aliphatic heterocycles. The van der Waals surface area contributed by atoms with E-state index in [1.807, 2.05) is 13.0 Å². The van der Waals surface area contributed by atoms with Crippen LogP contribution >= 0.6 is 15.9 Å². The molecule has 0 heterocycles. The highest BCUT2D eigenvalue weighted by atomic mass is 79.9. The lowest BCUT2D eigenvalue weighted by Crippen LogP contribution is -2.35. The number of rotatable bonds is 4. The fourth-order valence-corrected chi connectivity index (χ4v) is 2.94. The zero-order valence-electron chi connectivity index (χ0n) is 12.1. The topological polar surface area (TPSA) is 44.5 Å². The average molecular weight is 354 g/mol. The Kier molecular flexibility index (Phi) is 4.54. The Morgan fingerprint density at radius 3 is 2.43 bits per heavy atom. The smallest absolute Gasteiger partial charge is 0.142 e. The molecule has 3 nitrogen and oxygen atoms in total. The van der Waals surface area contributed by atoms with E-state index in [1.165, 1.54) is 12.1 Å². The summed E-state index contributed by atoms with van der Waals surface area (Å²) in [6.07, 6.45) is 0. The van der Waals surface area contributed by atoms with Crippen molar-refractivity contribution >= 4 is 15.9 Å². The fourth-order valence-electron chi connectivity index (χ4n) is 2.27. The lowest BCUT2D eigenvalue weighted by atomic mass is 9.85. The minimum absolute atomic E-state index is 0.323. The second kappa shape index (κ2) is 6.03. The van der Waals surface area contributed by atoms with Crippen molar-refractivity contribution in [3.05, 3.63) is 57.8 Å². The van der Waals surface area contributed by atoms with Crippen LogP contribution in [0, 0.1) is 5.82 Å². The molecule has 0 fully saturated rings. The van der Waals surface area contributed by atoms with E-state index >= 15 is 0 Å². The summed E-state index contributed by atoms with van der Waals surface area (Å²) in [6, 6.07) is 9.87. The summed E-state index contributed by atoms with van der Waals surface area (Å²) in [4.78, 5) is 0. The molecule has 2 rings (SSSR count). The third kappa shape index (κ3) is 2.89. The molecule has 0 saturated carbocycles. The summed E-state index contributed by atoms with van der Waals surface area (Å²) in [5, 5.41) is 0. The number of halogens is 2. The van der Waals surface area contributed by atoms with Crippen LogP contribution in [0.5, 0.6) is 11.5 Å². The molecule has 0 radical (unpaired) electrons. The summed E-state index contributed by atoms with van der Waals surface area (Å²) < 4.78 is 24.9. The van der Waals surface area contributed by atoms with Gasteiger partial charge in [0.05, 0.1) is 19.8 Å². The second-order valence-corrected chi connectivity index (χ2v) is 5.67. The van der Waals surface area contributed by atoms with Gasteiger partial charge in [0, 0.05) is 5.56 Å². The summed E-state index contributed by atoms with van der Waals surface area (Å²) in [7, 11) is 3.14. The van der Waals surface area contributed by atoms with Gasteiger partial charge in [-0.15, -0.1) is 0 Å². The molecule has 0 amide bonds. The molecular weight excluding hydrogens is 337 g/mol. The molecular formula is C16H17BrFNO2. The van der Waals surface area contributed by atoms with Crippen LogP contribution in [0.25, 0.3) is 0 Å². The van der Waals surface area contributed by atoms with Crippen LogP contribution in [0.2, 0.25) is 0 Å². The van der Waals surface area contributed by atoms with Gasteiger partial charge in [-0.2, -0.15) is 0 Å². The maximum absolute atomic E-state index is 13.5. The monoisotopic (exact) mass is 353 g/mol. The van der Waals surface area contributed by atoms with E-state index in [2.05, 4.69) is 15.9 Å². The van der Waals surface area contributed by atoms with Crippen molar-refractivity contribution in [3.8, 4) is 11.5 Å². The van der Waals surface area contributed by atoms with Gasteiger partial charge in [0.25, 0.3) is 0 Å². The van der Waals surface area contributed by atoms with Crippen LogP contribution in [0.15, 0.2) is 40.9 Å². The Bertz CT molecular complexity index is 659. The summed E-state index contributed by atoms with van der Waals surface area (Å²) in [6.45, 7) is 1.82. The largest absolute Gasteiger partial charge is 0.495 e. The zero-order valence-corrected chi connectivity index (χ0v) is 13.7. The summed E-state index contributed by atoms with van der Waals surface area (Å²) in [5.74, 6) is 0.893. The first-order valence-corrected chi connectivity index (χ1v) is 7.17. The van der Waals surface area contributed by atoms with Crippen LogP contribution in [0.3, 0.4) is 0 Å². The average Bonchev–Trinajstić information content (AvgIpc) is 2.46. The summed E-state index contributed by atoms with van der Waals surface area (Å²) in [5.41, 5.74) is 6.96. The van der Waals surface area contributed by atoms with Crippen molar-refractivity contribution in [1.29, 1.82) is 0 Å². The Morgan fingerprint density at radius 1 is 1.14 bits per heavy atom. The van der Waals surface area contributed by atoms with Gasteiger partial charge >= 0.3 is 0 Å². The predicted molar refractivity (Wildman–Crippen MR) is 84.3 cm³/mol. The van der Waals surface area contributed by atoms with Crippen LogP contribution in [0.1, 0.15) is 18.1 Å². The van der Waals surface area contributed by atoms with Gasteiger partial charge in [-0.1, -0.05) is 12.1 Å². The third-order valence-corrected chi connectivity index (χ3v) is 4.22. The van der Waals surface area contributed by atoms with E-state index in [-0.39, 0.29) is 5.82 Å². The van der Waals surface area contributed by atoms with Crippen LogP contribution in [0.4, 0.5) is 4.39 Å². The number of hydrogen-bond acceptors (Lipinski definition) is 3. The molecule has 2 aromatic carbocycles. The number of benzene rings is 2. The molecule has 0 bridgehead atoms. The van der Waals surface area contributed by atoms with Gasteiger partial charge in [-0.3, -0.25) is 0 Å². The molecule has 112 valence electrons. The first kappa shape index (κ1) is 15.8. The maximum atomic E-state index is 13.5. The van der Waals surface area contributed by atoms with E-state index in [9.17, 15) is 4.39 Å². The highest BCUT2D eigenvalue weighted by Gasteiger charge is 2.29. The van der Waals surface area contributed by atoms with E-state index in [1.54, 1.807) is 32.4 Å². The van der Waals surface area contributed by atoms with Crippen molar-refractivity contribution in [2.45, 2.75) is 12.5 Å². The fraction of sp³-hybridized carbons (Fsp3) is 0.250. The second-order valence-electron chi connectivity index (χ2n) is 4.88. The van der Waals surface area contributed by atoms with Gasteiger partial charge in [0.2, 0.25) is 0 Å². The van der Waals surface area contributed by atoms with Crippen molar-refractivity contribution in [2.24, 2.45) is 5.73 Å². The number of methoxy groups -OCH3 is 2. The van der Waals surface area contributed by atoms with Gasteiger partial charge in [-0.05, 0) is 52.7 Å². The Hall–Kier alpha value is -1.59. The van der Waals surface area contributed by atoms with Gasteiger partial charge in [-0.25, -0.2) is 4.39 Å².